The molecule has 1 atom stereocenters. The van der Waals surface area contributed by atoms with Gasteiger partial charge in [-0.2, -0.15) is 0 Å². The van der Waals surface area contributed by atoms with Crippen molar-refractivity contribution in [2.24, 2.45) is 0 Å². The van der Waals surface area contributed by atoms with Gasteiger partial charge in [0.15, 0.2) is 0 Å². The van der Waals surface area contributed by atoms with Crippen LogP contribution in [0.1, 0.15) is 62.6 Å². The van der Waals surface area contributed by atoms with Crippen LogP contribution in [0.3, 0.4) is 0 Å². The minimum absolute atomic E-state index is 0.107. The normalized spacial score (nSPS) is 12.2. The number of aryl methyl sites for hydroxylation is 2. The number of halogens is 1. The van der Waals surface area contributed by atoms with E-state index in [2.05, 4.69) is 12.2 Å². The van der Waals surface area contributed by atoms with E-state index in [9.17, 15) is 18.0 Å². The molecule has 0 aliphatic heterocycles. The lowest BCUT2D eigenvalue weighted by Crippen LogP contribution is -2.49. The molecule has 2 rings (SSSR count). The Labute approximate surface area is 227 Å². The second-order valence-corrected chi connectivity index (χ2v) is 11.8. The molecule has 0 radical (unpaired) electrons. The summed E-state index contributed by atoms with van der Waals surface area (Å²) in [5, 5.41) is 3.40. The van der Waals surface area contributed by atoms with E-state index in [0.29, 0.717) is 36.6 Å². The van der Waals surface area contributed by atoms with Crippen LogP contribution >= 0.6 is 11.6 Å². The third-order valence-corrected chi connectivity index (χ3v) is 7.66. The van der Waals surface area contributed by atoms with Crippen LogP contribution in [-0.2, 0) is 26.2 Å². The fourth-order valence-corrected chi connectivity index (χ4v) is 5.45. The Morgan fingerprint density at radius 3 is 2.41 bits per heavy atom. The number of carbonyl (C=O) groups is 2. The summed E-state index contributed by atoms with van der Waals surface area (Å²) in [4.78, 5) is 28.2. The van der Waals surface area contributed by atoms with Gasteiger partial charge in [-0.25, -0.2) is 8.42 Å². The Morgan fingerprint density at radius 2 is 1.78 bits per heavy atom. The summed E-state index contributed by atoms with van der Waals surface area (Å²) in [6.45, 7) is 8.77. The van der Waals surface area contributed by atoms with E-state index in [-0.39, 0.29) is 24.8 Å². The van der Waals surface area contributed by atoms with Gasteiger partial charge in [0.05, 0.1) is 11.9 Å². The maximum atomic E-state index is 13.5. The summed E-state index contributed by atoms with van der Waals surface area (Å²) in [5.41, 5.74) is 3.30. The van der Waals surface area contributed by atoms with Gasteiger partial charge in [-0.15, -0.1) is 0 Å². The van der Waals surface area contributed by atoms with Crippen molar-refractivity contribution < 1.29 is 18.0 Å². The fourth-order valence-electron chi connectivity index (χ4n) is 4.27. The van der Waals surface area contributed by atoms with Crippen LogP contribution in [-0.4, -0.2) is 50.5 Å². The molecule has 0 heterocycles. The Morgan fingerprint density at radius 1 is 1.05 bits per heavy atom. The van der Waals surface area contributed by atoms with Crippen LogP contribution in [0.2, 0.25) is 5.02 Å². The quantitative estimate of drug-likeness (QED) is 0.327. The lowest BCUT2D eigenvalue weighted by molar-refractivity contribution is -0.141. The molecule has 0 fully saturated rings. The summed E-state index contributed by atoms with van der Waals surface area (Å²) in [5.74, 6) is -0.348. The predicted octanol–water partition coefficient (Wildman–Crippen LogP) is 5.23. The molecule has 0 aromatic heterocycles. The molecule has 9 heteroatoms. The Balaban J connectivity index is 2.23. The van der Waals surface area contributed by atoms with Crippen molar-refractivity contribution in [2.45, 2.75) is 72.4 Å². The Bertz CT molecular complexity index is 1170. The standard InChI is InChI=1S/C28H40ClN3O4S/c1-6-8-16-30-28(34)25(7-2)31(20-23-12-9-11-21(3)18-23)27(33)13-10-17-32(37(5,35)36)26-19-24(29)15-14-22(26)4/h9,11-12,14-15,18-19,25H,6-8,10,13,16-17,20H2,1-5H3,(H,30,34)/t25-/m0/s1. The third kappa shape index (κ3) is 9.34. The number of unbranched alkanes of at least 4 members (excludes halogenated alkanes) is 1. The maximum Gasteiger partial charge on any atom is 0.242 e. The van der Waals surface area contributed by atoms with Gasteiger partial charge >= 0.3 is 0 Å². The molecule has 0 saturated carbocycles. The van der Waals surface area contributed by atoms with Crippen molar-refractivity contribution in [3.63, 3.8) is 0 Å². The molecule has 2 aromatic rings. The monoisotopic (exact) mass is 549 g/mol. The number of nitrogens with one attached hydrogen (secondary N) is 1. The summed E-state index contributed by atoms with van der Waals surface area (Å²) in [7, 11) is -3.59. The first-order valence-electron chi connectivity index (χ1n) is 12.8. The minimum atomic E-state index is -3.59. The summed E-state index contributed by atoms with van der Waals surface area (Å²) in [6.07, 6.45) is 3.87. The van der Waals surface area contributed by atoms with Crippen LogP contribution in [0.15, 0.2) is 42.5 Å². The van der Waals surface area contributed by atoms with Gasteiger partial charge in [0.2, 0.25) is 21.8 Å². The number of amides is 2. The fraction of sp³-hybridized carbons (Fsp3) is 0.500. The molecule has 0 aliphatic rings. The molecule has 1 N–H and O–H groups in total. The van der Waals surface area contributed by atoms with E-state index in [1.54, 1.807) is 23.1 Å². The molecule has 7 nitrogen and oxygen atoms in total. The number of anilines is 1. The molecular weight excluding hydrogens is 510 g/mol. The van der Waals surface area contributed by atoms with Crippen molar-refractivity contribution in [1.82, 2.24) is 10.2 Å². The van der Waals surface area contributed by atoms with Crippen molar-refractivity contribution >= 4 is 39.1 Å². The van der Waals surface area contributed by atoms with E-state index in [1.165, 1.54) is 4.31 Å². The van der Waals surface area contributed by atoms with Crippen LogP contribution in [0.5, 0.6) is 0 Å². The van der Waals surface area contributed by atoms with Gasteiger partial charge in [0.25, 0.3) is 0 Å². The molecule has 0 aliphatic carbocycles. The average Bonchev–Trinajstić information content (AvgIpc) is 2.82. The molecule has 0 unspecified atom stereocenters. The van der Waals surface area contributed by atoms with E-state index >= 15 is 0 Å². The van der Waals surface area contributed by atoms with Gasteiger partial charge in [-0.05, 0) is 56.4 Å². The van der Waals surface area contributed by atoms with Crippen molar-refractivity contribution in [2.75, 3.05) is 23.7 Å². The highest BCUT2D eigenvalue weighted by Gasteiger charge is 2.29. The Hall–Kier alpha value is -2.58. The second kappa shape index (κ2) is 14.4. The highest BCUT2D eigenvalue weighted by Crippen LogP contribution is 2.27. The Kier molecular flexibility index (Phi) is 11.9. The number of benzene rings is 2. The molecule has 37 heavy (non-hydrogen) atoms. The maximum absolute atomic E-state index is 13.5. The van der Waals surface area contributed by atoms with E-state index in [4.69, 9.17) is 11.6 Å². The van der Waals surface area contributed by atoms with Gasteiger partial charge in [0.1, 0.15) is 6.04 Å². The van der Waals surface area contributed by atoms with E-state index < -0.39 is 16.1 Å². The SMILES string of the molecule is CCCCNC(=O)[C@H](CC)N(Cc1cccc(C)c1)C(=O)CCCN(c1cc(Cl)ccc1C)S(C)(=O)=O. The van der Waals surface area contributed by atoms with Gasteiger partial charge in [0, 0.05) is 31.1 Å². The number of rotatable bonds is 14. The van der Waals surface area contributed by atoms with Crippen LogP contribution in [0, 0.1) is 13.8 Å². The second-order valence-electron chi connectivity index (χ2n) is 9.45. The first-order valence-corrected chi connectivity index (χ1v) is 15.1. The van der Waals surface area contributed by atoms with Crippen molar-refractivity contribution in [3.05, 3.63) is 64.2 Å². The molecule has 0 saturated heterocycles. The zero-order chi connectivity index (χ0) is 27.6. The number of hydrogen-bond donors (Lipinski definition) is 1. The number of nitrogens with zero attached hydrogens (tertiary/aromatic N) is 2. The van der Waals surface area contributed by atoms with Gasteiger partial charge in [-0.1, -0.05) is 67.8 Å². The number of carbonyl (C=O) groups excluding carboxylic acids is 2. The third-order valence-electron chi connectivity index (χ3n) is 6.24. The largest absolute Gasteiger partial charge is 0.354 e. The number of hydrogen-bond acceptors (Lipinski definition) is 4. The molecule has 2 aromatic carbocycles. The van der Waals surface area contributed by atoms with Crippen molar-refractivity contribution in [1.29, 1.82) is 0 Å². The summed E-state index contributed by atoms with van der Waals surface area (Å²) >= 11 is 6.13. The first-order chi connectivity index (χ1) is 17.5. The zero-order valence-corrected chi connectivity index (χ0v) is 24.2. The average molecular weight is 550 g/mol. The van der Waals surface area contributed by atoms with E-state index in [0.717, 1.165) is 35.8 Å². The zero-order valence-electron chi connectivity index (χ0n) is 22.6. The van der Waals surface area contributed by atoms with E-state index in [1.807, 2.05) is 45.0 Å². The molecule has 204 valence electrons. The van der Waals surface area contributed by atoms with Crippen molar-refractivity contribution in [3.8, 4) is 0 Å². The summed E-state index contributed by atoms with van der Waals surface area (Å²) in [6, 6.07) is 12.4. The predicted molar refractivity (Wildman–Crippen MR) is 151 cm³/mol. The lowest BCUT2D eigenvalue weighted by atomic mass is 10.1. The van der Waals surface area contributed by atoms with Gasteiger partial charge in [-0.3, -0.25) is 13.9 Å². The molecule has 0 bridgehead atoms. The first kappa shape index (κ1) is 30.6. The minimum Gasteiger partial charge on any atom is -0.354 e. The lowest BCUT2D eigenvalue weighted by Gasteiger charge is -2.31. The number of sulfonamides is 1. The highest BCUT2D eigenvalue weighted by atomic mass is 35.5. The molecule has 0 spiro atoms. The smallest absolute Gasteiger partial charge is 0.242 e. The molecule has 2 amide bonds. The molecular formula is C28H40ClN3O4S. The van der Waals surface area contributed by atoms with Gasteiger partial charge < -0.3 is 10.2 Å². The topological polar surface area (TPSA) is 86.8 Å². The van der Waals surface area contributed by atoms with Crippen LogP contribution < -0.4 is 9.62 Å². The highest BCUT2D eigenvalue weighted by molar-refractivity contribution is 7.92. The van der Waals surface area contributed by atoms with Crippen LogP contribution in [0.4, 0.5) is 5.69 Å². The van der Waals surface area contributed by atoms with Crippen LogP contribution in [0.25, 0.3) is 0 Å². The summed E-state index contributed by atoms with van der Waals surface area (Å²) < 4.78 is 26.5.